The zero-order valence-electron chi connectivity index (χ0n) is 15.4. The second kappa shape index (κ2) is 7.52. The van der Waals surface area contributed by atoms with Crippen molar-refractivity contribution >= 4 is 33.1 Å². The lowest BCUT2D eigenvalue weighted by atomic mass is 10.0. The molecule has 3 rings (SSSR count). The number of anilines is 2. The van der Waals surface area contributed by atoms with E-state index in [4.69, 9.17) is 0 Å². The van der Waals surface area contributed by atoms with E-state index in [1.54, 1.807) is 17.0 Å². The van der Waals surface area contributed by atoms with Gasteiger partial charge >= 0.3 is 0 Å². The number of aryl methyl sites for hydroxylation is 1. The Kier molecular flexibility index (Phi) is 5.32. The van der Waals surface area contributed by atoms with E-state index in [0.717, 1.165) is 24.1 Å². The van der Waals surface area contributed by atoms with Gasteiger partial charge in [-0.1, -0.05) is 25.1 Å². The van der Waals surface area contributed by atoms with Gasteiger partial charge in [0.25, 0.3) is 10.0 Å². The molecule has 1 N–H and O–H groups in total. The third kappa shape index (κ3) is 4.03. The lowest BCUT2D eigenvalue weighted by Crippen LogP contribution is -2.35. The van der Waals surface area contributed by atoms with Gasteiger partial charge < -0.3 is 4.90 Å². The molecule has 0 atom stereocenters. The second-order valence-electron chi connectivity index (χ2n) is 6.53. The molecular weight excluding hydrogens is 364 g/mol. The average Bonchev–Trinajstić information content (AvgIpc) is 2.66. The number of rotatable bonds is 5. The third-order valence-corrected chi connectivity index (χ3v) is 6.03. The minimum atomic E-state index is -3.79. The fraction of sp³-hybridized carbons (Fsp3) is 0.300. The fourth-order valence-corrected chi connectivity index (χ4v) is 4.22. The minimum absolute atomic E-state index is 0.0239. The molecule has 2 aromatic rings. The highest BCUT2D eigenvalue weighted by Gasteiger charge is 2.23. The fourth-order valence-electron chi connectivity index (χ4n) is 3.17. The normalized spacial score (nSPS) is 13.8. The van der Waals surface area contributed by atoms with Crippen LogP contribution in [0.2, 0.25) is 0 Å². The van der Waals surface area contributed by atoms with Crippen molar-refractivity contribution < 1.29 is 18.0 Å². The van der Waals surface area contributed by atoms with Crippen LogP contribution in [-0.2, 0) is 21.2 Å². The zero-order valence-corrected chi connectivity index (χ0v) is 16.2. The lowest BCUT2D eigenvalue weighted by molar-refractivity contribution is -0.118. The molecule has 6 nitrogen and oxygen atoms in total. The maximum Gasteiger partial charge on any atom is 0.261 e. The zero-order chi connectivity index (χ0) is 19.6. The molecule has 0 fully saturated rings. The molecule has 142 valence electrons. The molecule has 7 heteroatoms. The van der Waals surface area contributed by atoms with Crippen molar-refractivity contribution in [3.8, 4) is 0 Å². The second-order valence-corrected chi connectivity index (χ2v) is 8.21. The van der Waals surface area contributed by atoms with Crippen LogP contribution in [-0.4, -0.2) is 26.7 Å². The van der Waals surface area contributed by atoms with Crippen molar-refractivity contribution in [1.29, 1.82) is 0 Å². The maximum absolute atomic E-state index is 12.6. The summed E-state index contributed by atoms with van der Waals surface area (Å²) in [5.74, 6) is -0.0990. The Morgan fingerprint density at radius 1 is 1.11 bits per heavy atom. The van der Waals surface area contributed by atoms with E-state index >= 15 is 0 Å². The Bertz CT molecular complexity index is 982. The van der Waals surface area contributed by atoms with Crippen LogP contribution in [0.25, 0.3) is 0 Å². The number of nitrogens with one attached hydrogen (secondary N) is 1. The highest BCUT2D eigenvalue weighted by atomic mass is 32.2. The molecule has 0 aliphatic carbocycles. The van der Waals surface area contributed by atoms with E-state index in [9.17, 15) is 18.0 Å². The summed E-state index contributed by atoms with van der Waals surface area (Å²) in [6.45, 7) is 3.88. The van der Waals surface area contributed by atoms with Gasteiger partial charge in [0.15, 0.2) is 5.78 Å². The average molecular weight is 386 g/mol. The largest absolute Gasteiger partial charge is 0.312 e. The monoisotopic (exact) mass is 386 g/mol. The van der Waals surface area contributed by atoms with Crippen LogP contribution in [0.4, 0.5) is 11.4 Å². The Morgan fingerprint density at radius 2 is 1.81 bits per heavy atom. The summed E-state index contributed by atoms with van der Waals surface area (Å²) in [6.07, 6.45) is 2.16. The van der Waals surface area contributed by atoms with Crippen LogP contribution in [0, 0.1) is 0 Å². The standard InChI is InChI=1S/C20H22N2O4S/c1-3-20(24)22-12-4-5-16-6-9-17(13-19(16)22)21-27(25,26)18-10-7-15(8-11-18)14(2)23/h6-11,13,21H,3-5,12H2,1-2H3. The van der Waals surface area contributed by atoms with Crippen LogP contribution in [0.15, 0.2) is 47.4 Å². The number of hydrogen-bond acceptors (Lipinski definition) is 4. The summed E-state index contributed by atoms with van der Waals surface area (Å²) in [7, 11) is -3.79. The molecule has 0 aromatic heterocycles. The number of carbonyl (C=O) groups excluding carboxylic acids is 2. The molecule has 0 spiro atoms. The van der Waals surface area contributed by atoms with Crippen LogP contribution in [0.5, 0.6) is 0 Å². The minimum Gasteiger partial charge on any atom is -0.312 e. The molecular formula is C20H22N2O4S. The quantitative estimate of drug-likeness (QED) is 0.799. The van der Waals surface area contributed by atoms with E-state index in [-0.39, 0.29) is 16.6 Å². The Labute approximate surface area is 159 Å². The van der Waals surface area contributed by atoms with Crippen LogP contribution < -0.4 is 9.62 Å². The lowest BCUT2D eigenvalue weighted by Gasteiger charge is -2.29. The number of Topliss-reactive ketones (excluding diaryl/α,β-unsaturated/α-hetero) is 1. The molecule has 1 amide bonds. The summed E-state index contributed by atoms with van der Waals surface area (Å²) >= 11 is 0. The number of ketones is 1. The van der Waals surface area contributed by atoms with Gasteiger partial charge in [-0.25, -0.2) is 8.42 Å². The van der Waals surface area contributed by atoms with Crippen molar-refractivity contribution in [2.24, 2.45) is 0 Å². The number of sulfonamides is 1. The van der Waals surface area contributed by atoms with E-state index < -0.39 is 10.0 Å². The topological polar surface area (TPSA) is 83.6 Å². The summed E-state index contributed by atoms with van der Waals surface area (Å²) in [5, 5.41) is 0. The van der Waals surface area contributed by atoms with E-state index in [1.165, 1.54) is 31.2 Å². The van der Waals surface area contributed by atoms with Crippen LogP contribution in [0.3, 0.4) is 0 Å². The number of amides is 1. The molecule has 0 saturated heterocycles. The van der Waals surface area contributed by atoms with Gasteiger partial charge in [-0.05, 0) is 49.6 Å². The van der Waals surface area contributed by atoms with Crippen molar-refractivity contribution in [3.63, 3.8) is 0 Å². The molecule has 1 aliphatic rings. The molecule has 0 unspecified atom stereocenters. The van der Waals surface area contributed by atoms with Gasteiger partial charge in [0.2, 0.25) is 5.91 Å². The number of hydrogen-bond donors (Lipinski definition) is 1. The van der Waals surface area contributed by atoms with Crippen LogP contribution >= 0.6 is 0 Å². The van der Waals surface area contributed by atoms with E-state index in [1.807, 2.05) is 13.0 Å². The molecule has 0 bridgehead atoms. The Hall–Kier alpha value is -2.67. The summed E-state index contributed by atoms with van der Waals surface area (Å²) in [6, 6.07) is 11.1. The molecule has 0 radical (unpaired) electrons. The first-order valence-corrected chi connectivity index (χ1v) is 10.4. The van der Waals surface area contributed by atoms with Gasteiger partial charge in [-0.3, -0.25) is 14.3 Å². The van der Waals surface area contributed by atoms with Crippen molar-refractivity contribution in [2.75, 3.05) is 16.2 Å². The smallest absolute Gasteiger partial charge is 0.261 e. The number of carbonyl (C=O) groups is 2. The number of nitrogens with zero attached hydrogens (tertiary/aromatic N) is 1. The first-order chi connectivity index (χ1) is 12.8. The molecule has 1 heterocycles. The summed E-state index contributed by atoms with van der Waals surface area (Å²) in [4.78, 5) is 25.3. The van der Waals surface area contributed by atoms with Crippen molar-refractivity contribution in [2.45, 2.75) is 38.0 Å². The molecule has 27 heavy (non-hydrogen) atoms. The predicted molar refractivity (Wildman–Crippen MR) is 105 cm³/mol. The third-order valence-electron chi connectivity index (χ3n) is 4.63. The van der Waals surface area contributed by atoms with Gasteiger partial charge in [0.05, 0.1) is 10.6 Å². The maximum atomic E-state index is 12.6. The van der Waals surface area contributed by atoms with Gasteiger partial charge in [0, 0.05) is 24.2 Å². The number of fused-ring (bicyclic) bond motifs is 1. The molecule has 2 aromatic carbocycles. The Balaban J connectivity index is 1.89. The SMILES string of the molecule is CCC(=O)N1CCCc2ccc(NS(=O)(=O)c3ccc(C(C)=O)cc3)cc21. The summed E-state index contributed by atoms with van der Waals surface area (Å²) < 4.78 is 27.9. The predicted octanol–water partition coefficient (Wildman–Crippen LogP) is 3.38. The molecule has 0 saturated carbocycles. The van der Waals surface area contributed by atoms with Gasteiger partial charge in [-0.15, -0.1) is 0 Å². The van der Waals surface area contributed by atoms with Crippen molar-refractivity contribution in [1.82, 2.24) is 0 Å². The van der Waals surface area contributed by atoms with E-state index in [0.29, 0.717) is 24.2 Å². The highest BCUT2D eigenvalue weighted by molar-refractivity contribution is 7.92. The Morgan fingerprint density at radius 3 is 2.44 bits per heavy atom. The molecule has 1 aliphatic heterocycles. The van der Waals surface area contributed by atoms with E-state index in [2.05, 4.69) is 4.72 Å². The van der Waals surface area contributed by atoms with Crippen molar-refractivity contribution in [3.05, 3.63) is 53.6 Å². The van der Waals surface area contributed by atoms with Crippen LogP contribution in [0.1, 0.15) is 42.6 Å². The highest BCUT2D eigenvalue weighted by Crippen LogP contribution is 2.31. The first kappa shape index (κ1) is 19.1. The summed E-state index contributed by atoms with van der Waals surface area (Å²) in [5.41, 5.74) is 2.66. The first-order valence-electron chi connectivity index (χ1n) is 8.89. The van der Waals surface area contributed by atoms with Gasteiger partial charge in [0.1, 0.15) is 0 Å². The number of benzene rings is 2. The van der Waals surface area contributed by atoms with Gasteiger partial charge in [-0.2, -0.15) is 0 Å².